The topological polar surface area (TPSA) is 78.4 Å². The van der Waals surface area contributed by atoms with Gasteiger partial charge in [0.05, 0.1) is 6.61 Å². The van der Waals surface area contributed by atoms with Gasteiger partial charge < -0.3 is 15.7 Å². The number of likely N-dealkylation sites (N-methyl/N-ethyl adjacent to an activating group) is 1. The Morgan fingerprint density at radius 2 is 1.96 bits per heavy atom. The van der Waals surface area contributed by atoms with E-state index in [9.17, 15) is 14.0 Å². The molecule has 26 heavy (non-hydrogen) atoms. The number of hydrogen-bond donors (Lipinski definition) is 3. The van der Waals surface area contributed by atoms with Crippen molar-refractivity contribution in [2.24, 2.45) is 0 Å². The van der Waals surface area contributed by atoms with Crippen LogP contribution in [0.5, 0.6) is 0 Å². The third-order valence-electron chi connectivity index (χ3n) is 3.42. The molecule has 0 aliphatic rings. The summed E-state index contributed by atoms with van der Waals surface area (Å²) in [6.07, 6.45) is 5.62. The molecule has 0 bridgehead atoms. The van der Waals surface area contributed by atoms with E-state index in [1.54, 1.807) is 13.0 Å². The molecule has 0 heterocycles. The lowest BCUT2D eigenvalue weighted by atomic mass is 10.1. The highest BCUT2D eigenvalue weighted by atomic mass is 19.1. The lowest BCUT2D eigenvalue weighted by Gasteiger charge is -2.06. The molecule has 142 valence electrons. The van der Waals surface area contributed by atoms with Crippen LogP contribution in [-0.2, 0) is 16.2 Å². The second-order valence-corrected chi connectivity index (χ2v) is 5.39. The van der Waals surface area contributed by atoms with Crippen molar-refractivity contribution in [1.29, 1.82) is 0 Å². The first-order valence-corrected chi connectivity index (χ1v) is 8.12. The SMILES string of the molecule is C=CC(F)C=C/C=C(\C)c1ccc(CO)cc1.CNC(=O)C(C)NC=O. The maximum atomic E-state index is 12.8. The van der Waals surface area contributed by atoms with Gasteiger partial charge in [0.2, 0.25) is 12.3 Å². The largest absolute Gasteiger partial charge is 0.392 e. The van der Waals surface area contributed by atoms with Crippen molar-refractivity contribution in [3.8, 4) is 0 Å². The first-order valence-electron chi connectivity index (χ1n) is 8.12. The number of carbonyl (C=O) groups is 2. The number of alkyl halides is 1. The molecule has 1 aromatic rings. The summed E-state index contributed by atoms with van der Waals surface area (Å²) in [7, 11) is 1.52. The van der Waals surface area contributed by atoms with Gasteiger partial charge in [-0.05, 0) is 36.6 Å². The van der Waals surface area contributed by atoms with Gasteiger partial charge in [0.15, 0.2) is 0 Å². The van der Waals surface area contributed by atoms with Crippen molar-refractivity contribution in [3.05, 3.63) is 66.3 Å². The highest BCUT2D eigenvalue weighted by Gasteiger charge is 2.06. The number of carbonyl (C=O) groups excluding carboxylic acids is 2. The zero-order chi connectivity index (χ0) is 19.9. The normalized spacial score (nSPS) is 13.2. The van der Waals surface area contributed by atoms with Crippen molar-refractivity contribution in [3.63, 3.8) is 0 Å². The van der Waals surface area contributed by atoms with E-state index in [-0.39, 0.29) is 12.5 Å². The summed E-state index contributed by atoms with van der Waals surface area (Å²) in [5.41, 5.74) is 2.98. The minimum Gasteiger partial charge on any atom is -0.392 e. The average Bonchev–Trinajstić information content (AvgIpc) is 2.67. The number of amides is 2. The van der Waals surface area contributed by atoms with E-state index < -0.39 is 12.2 Å². The molecule has 0 fully saturated rings. The number of allylic oxidation sites excluding steroid dienone is 5. The molecule has 1 aromatic carbocycles. The molecule has 0 radical (unpaired) electrons. The van der Waals surface area contributed by atoms with E-state index in [2.05, 4.69) is 17.2 Å². The number of aliphatic hydroxyl groups is 1. The van der Waals surface area contributed by atoms with Crippen molar-refractivity contribution in [2.75, 3.05) is 7.05 Å². The summed E-state index contributed by atoms with van der Waals surface area (Å²) in [5, 5.41) is 13.6. The number of benzene rings is 1. The van der Waals surface area contributed by atoms with E-state index >= 15 is 0 Å². The molecule has 2 atom stereocenters. The van der Waals surface area contributed by atoms with Crippen LogP contribution in [0.15, 0.2) is 55.1 Å². The van der Waals surface area contributed by atoms with Crippen LogP contribution in [-0.4, -0.2) is 36.7 Å². The van der Waals surface area contributed by atoms with E-state index in [1.165, 1.54) is 19.2 Å². The van der Waals surface area contributed by atoms with Crippen molar-refractivity contribution in [2.45, 2.75) is 32.7 Å². The summed E-state index contributed by atoms with van der Waals surface area (Å²) in [5.74, 6) is -0.192. The summed E-state index contributed by atoms with van der Waals surface area (Å²) < 4.78 is 12.8. The molecule has 0 saturated heterocycles. The van der Waals surface area contributed by atoms with E-state index in [4.69, 9.17) is 5.11 Å². The number of hydrogen-bond acceptors (Lipinski definition) is 3. The fourth-order valence-corrected chi connectivity index (χ4v) is 1.75. The van der Waals surface area contributed by atoms with E-state index in [0.717, 1.165) is 16.7 Å². The van der Waals surface area contributed by atoms with Crippen LogP contribution in [0.25, 0.3) is 5.57 Å². The highest BCUT2D eigenvalue weighted by Crippen LogP contribution is 2.14. The zero-order valence-corrected chi connectivity index (χ0v) is 15.4. The van der Waals surface area contributed by atoms with Gasteiger partial charge in [-0.2, -0.15) is 0 Å². The maximum absolute atomic E-state index is 12.8. The molecule has 2 amide bonds. The first-order chi connectivity index (χ1) is 12.4. The maximum Gasteiger partial charge on any atom is 0.242 e. The predicted molar refractivity (Wildman–Crippen MR) is 103 cm³/mol. The van der Waals surface area contributed by atoms with Crippen LogP contribution in [0.3, 0.4) is 0 Å². The Balaban J connectivity index is 0.000000590. The van der Waals surface area contributed by atoms with Crippen LogP contribution >= 0.6 is 0 Å². The van der Waals surface area contributed by atoms with Crippen molar-refractivity contribution < 1.29 is 19.1 Å². The van der Waals surface area contributed by atoms with E-state index in [1.807, 2.05) is 37.3 Å². The quantitative estimate of drug-likeness (QED) is 0.378. The smallest absolute Gasteiger partial charge is 0.242 e. The second-order valence-electron chi connectivity index (χ2n) is 5.39. The number of rotatable bonds is 8. The summed E-state index contributed by atoms with van der Waals surface area (Å²) >= 11 is 0. The number of nitrogens with one attached hydrogen (secondary N) is 2. The van der Waals surface area contributed by atoms with Crippen LogP contribution in [0.1, 0.15) is 25.0 Å². The molecule has 0 aromatic heterocycles. The molecule has 0 aliphatic carbocycles. The van der Waals surface area contributed by atoms with Gasteiger partial charge >= 0.3 is 0 Å². The van der Waals surface area contributed by atoms with Gasteiger partial charge in [-0.25, -0.2) is 4.39 Å². The molecular weight excluding hydrogens is 335 g/mol. The molecule has 0 saturated carbocycles. The third-order valence-corrected chi connectivity index (χ3v) is 3.42. The Kier molecular flexibility index (Phi) is 12.1. The standard InChI is InChI=1S/C15H17FO.C5H10N2O2/c1-3-15(16)6-4-5-12(2)14-9-7-13(11-17)8-10-14;1-4(7-3-8)5(9)6-2/h3-10,15,17H,1,11H2,2H3;3-4H,1-2H3,(H,6,9)(H,7,8)/b6-4?,12-5+;. The number of aliphatic hydroxyl groups excluding tert-OH is 1. The van der Waals surface area contributed by atoms with Crippen LogP contribution in [0, 0.1) is 0 Å². The molecule has 5 nitrogen and oxygen atoms in total. The minimum absolute atomic E-state index is 0.0474. The summed E-state index contributed by atoms with van der Waals surface area (Å²) in [4.78, 5) is 20.3. The minimum atomic E-state index is -1.10. The van der Waals surface area contributed by atoms with Gasteiger partial charge in [0.25, 0.3) is 0 Å². The lowest BCUT2D eigenvalue weighted by Crippen LogP contribution is -2.39. The van der Waals surface area contributed by atoms with Gasteiger partial charge in [0.1, 0.15) is 12.2 Å². The highest BCUT2D eigenvalue weighted by molar-refractivity contribution is 5.82. The lowest BCUT2D eigenvalue weighted by molar-refractivity contribution is -0.124. The van der Waals surface area contributed by atoms with Crippen LogP contribution < -0.4 is 10.6 Å². The zero-order valence-electron chi connectivity index (χ0n) is 15.4. The summed E-state index contributed by atoms with van der Waals surface area (Å²) in [6.45, 7) is 6.97. The monoisotopic (exact) mass is 362 g/mol. The van der Waals surface area contributed by atoms with Gasteiger partial charge in [-0.3, -0.25) is 9.59 Å². The molecule has 0 spiro atoms. The van der Waals surface area contributed by atoms with Gasteiger partial charge in [0, 0.05) is 7.05 Å². The molecule has 3 N–H and O–H groups in total. The predicted octanol–water partition coefficient (Wildman–Crippen LogP) is 2.53. The number of halogens is 1. The van der Waals surface area contributed by atoms with Gasteiger partial charge in [-0.15, -0.1) is 0 Å². The second kappa shape index (κ2) is 13.5. The average molecular weight is 362 g/mol. The Hall–Kier alpha value is -2.73. The Morgan fingerprint density at radius 1 is 1.35 bits per heavy atom. The van der Waals surface area contributed by atoms with Gasteiger partial charge in [-0.1, -0.05) is 49.1 Å². The van der Waals surface area contributed by atoms with Crippen molar-refractivity contribution in [1.82, 2.24) is 10.6 Å². The molecular formula is C20H27FN2O3. The van der Waals surface area contributed by atoms with Crippen molar-refractivity contribution >= 4 is 17.9 Å². The fourth-order valence-electron chi connectivity index (χ4n) is 1.75. The fraction of sp³-hybridized carbons (Fsp3) is 0.300. The summed E-state index contributed by atoms with van der Waals surface area (Å²) in [6, 6.07) is 7.18. The first kappa shape index (κ1) is 23.3. The molecule has 1 rings (SSSR count). The molecule has 6 heteroatoms. The Bertz CT molecular complexity index is 624. The molecule has 0 aliphatic heterocycles. The van der Waals surface area contributed by atoms with Crippen LogP contribution in [0.2, 0.25) is 0 Å². The van der Waals surface area contributed by atoms with Crippen LogP contribution in [0.4, 0.5) is 4.39 Å². The Labute approximate surface area is 154 Å². The van der Waals surface area contributed by atoms with E-state index in [0.29, 0.717) is 6.41 Å². The Morgan fingerprint density at radius 3 is 2.42 bits per heavy atom. The molecule has 2 unspecified atom stereocenters. The third kappa shape index (κ3) is 9.54.